The third-order valence-electron chi connectivity index (χ3n) is 3.23. The summed E-state index contributed by atoms with van der Waals surface area (Å²) in [6.07, 6.45) is 0. The Morgan fingerprint density at radius 1 is 1.08 bits per heavy atom. The molecule has 0 fully saturated rings. The van der Waals surface area contributed by atoms with E-state index in [0.29, 0.717) is 42.4 Å². The van der Waals surface area contributed by atoms with Crippen LogP contribution in [0.1, 0.15) is 27.6 Å². The van der Waals surface area contributed by atoms with Crippen LogP contribution < -0.4 is 15.8 Å². The van der Waals surface area contributed by atoms with Gasteiger partial charge in [0.05, 0.1) is 12.2 Å². The Morgan fingerprint density at radius 2 is 1.88 bits per heavy atom. The second-order valence-electron chi connectivity index (χ2n) is 4.94. The van der Waals surface area contributed by atoms with Crippen LogP contribution in [-0.2, 0) is 4.74 Å². The van der Waals surface area contributed by atoms with Crippen molar-refractivity contribution in [2.45, 2.75) is 6.92 Å². The van der Waals surface area contributed by atoms with Crippen molar-refractivity contribution >= 4 is 17.5 Å². The average Bonchev–Trinajstić information content (AvgIpc) is 2.59. The molecule has 0 aromatic heterocycles. The van der Waals surface area contributed by atoms with Crippen LogP contribution in [0.2, 0.25) is 0 Å². The quantitative estimate of drug-likeness (QED) is 0.728. The lowest BCUT2D eigenvalue weighted by atomic mass is 10.1. The standard InChI is InChI=1S/C18H20N2O4/c1-2-23-10-11-24-16-9-4-3-8-15(16)18(22)20-14-7-5-6-13(12-14)17(19)21/h3-9,12H,2,10-11H2,1H3,(H2,19,21)(H,20,22). The molecule has 6 nitrogen and oxygen atoms in total. The zero-order valence-corrected chi connectivity index (χ0v) is 13.5. The van der Waals surface area contributed by atoms with Gasteiger partial charge in [0.1, 0.15) is 12.4 Å². The fourth-order valence-corrected chi connectivity index (χ4v) is 2.08. The molecule has 0 saturated heterocycles. The van der Waals surface area contributed by atoms with Gasteiger partial charge < -0.3 is 20.5 Å². The second-order valence-corrected chi connectivity index (χ2v) is 4.94. The summed E-state index contributed by atoms with van der Waals surface area (Å²) < 4.78 is 10.8. The summed E-state index contributed by atoms with van der Waals surface area (Å²) in [5.41, 5.74) is 6.46. The van der Waals surface area contributed by atoms with Gasteiger partial charge in [-0.25, -0.2) is 0 Å². The predicted octanol–water partition coefficient (Wildman–Crippen LogP) is 2.45. The summed E-state index contributed by atoms with van der Waals surface area (Å²) in [6.45, 7) is 3.33. The molecule has 126 valence electrons. The summed E-state index contributed by atoms with van der Waals surface area (Å²) in [7, 11) is 0. The van der Waals surface area contributed by atoms with Crippen molar-refractivity contribution in [3.05, 3.63) is 59.7 Å². The maximum atomic E-state index is 12.5. The topological polar surface area (TPSA) is 90.7 Å². The van der Waals surface area contributed by atoms with E-state index in [1.54, 1.807) is 42.5 Å². The second kappa shape index (κ2) is 8.69. The summed E-state index contributed by atoms with van der Waals surface area (Å²) in [6, 6.07) is 13.4. The van der Waals surface area contributed by atoms with E-state index in [2.05, 4.69) is 5.32 Å². The molecule has 0 heterocycles. The molecule has 3 N–H and O–H groups in total. The van der Waals surface area contributed by atoms with E-state index in [1.807, 2.05) is 6.92 Å². The van der Waals surface area contributed by atoms with Gasteiger partial charge >= 0.3 is 0 Å². The van der Waals surface area contributed by atoms with Gasteiger partial charge in [0.2, 0.25) is 5.91 Å². The van der Waals surface area contributed by atoms with Crippen LogP contribution in [0.15, 0.2) is 48.5 Å². The fraction of sp³-hybridized carbons (Fsp3) is 0.222. The molecule has 2 aromatic rings. The predicted molar refractivity (Wildman–Crippen MR) is 91.3 cm³/mol. The Balaban J connectivity index is 2.09. The molecule has 0 aliphatic rings. The maximum Gasteiger partial charge on any atom is 0.259 e. The minimum absolute atomic E-state index is 0.328. The lowest BCUT2D eigenvalue weighted by Crippen LogP contribution is -2.16. The minimum Gasteiger partial charge on any atom is -0.490 e. The van der Waals surface area contributed by atoms with E-state index in [-0.39, 0.29) is 5.91 Å². The molecule has 0 atom stereocenters. The van der Waals surface area contributed by atoms with Crippen molar-refractivity contribution in [3.8, 4) is 5.75 Å². The first-order valence-corrected chi connectivity index (χ1v) is 7.62. The van der Waals surface area contributed by atoms with Crippen LogP contribution in [0, 0.1) is 0 Å². The number of rotatable bonds is 8. The van der Waals surface area contributed by atoms with Gasteiger partial charge in [-0.15, -0.1) is 0 Å². The SMILES string of the molecule is CCOCCOc1ccccc1C(=O)Nc1cccc(C(N)=O)c1. The van der Waals surface area contributed by atoms with Crippen LogP contribution in [-0.4, -0.2) is 31.6 Å². The highest BCUT2D eigenvalue weighted by atomic mass is 16.5. The van der Waals surface area contributed by atoms with Crippen LogP contribution in [0.5, 0.6) is 5.75 Å². The number of carbonyl (C=O) groups is 2. The summed E-state index contributed by atoms with van der Waals surface area (Å²) >= 11 is 0. The van der Waals surface area contributed by atoms with E-state index in [0.717, 1.165) is 0 Å². The molecule has 0 saturated carbocycles. The summed E-state index contributed by atoms with van der Waals surface area (Å²) in [4.78, 5) is 23.7. The van der Waals surface area contributed by atoms with Crippen molar-refractivity contribution in [1.29, 1.82) is 0 Å². The number of ether oxygens (including phenoxy) is 2. The number of nitrogens with two attached hydrogens (primary N) is 1. The van der Waals surface area contributed by atoms with Gasteiger partial charge in [0, 0.05) is 17.9 Å². The number of anilines is 1. The number of hydrogen-bond donors (Lipinski definition) is 2. The van der Waals surface area contributed by atoms with E-state index in [9.17, 15) is 9.59 Å². The molecule has 0 bridgehead atoms. The third-order valence-corrected chi connectivity index (χ3v) is 3.23. The zero-order chi connectivity index (χ0) is 17.4. The van der Waals surface area contributed by atoms with Gasteiger partial charge in [0.25, 0.3) is 5.91 Å². The number of primary amides is 1. The van der Waals surface area contributed by atoms with Gasteiger partial charge in [-0.2, -0.15) is 0 Å². The number of hydrogen-bond acceptors (Lipinski definition) is 4. The van der Waals surface area contributed by atoms with Crippen molar-refractivity contribution in [2.75, 3.05) is 25.1 Å². The monoisotopic (exact) mass is 328 g/mol. The average molecular weight is 328 g/mol. The van der Waals surface area contributed by atoms with E-state index >= 15 is 0 Å². The first-order chi connectivity index (χ1) is 11.6. The Labute approximate surface area is 140 Å². The lowest BCUT2D eigenvalue weighted by Gasteiger charge is -2.12. The van der Waals surface area contributed by atoms with Gasteiger partial charge in [-0.05, 0) is 37.3 Å². The molecular weight excluding hydrogens is 308 g/mol. The first-order valence-electron chi connectivity index (χ1n) is 7.62. The molecule has 0 radical (unpaired) electrons. The summed E-state index contributed by atoms with van der Waals surface area (Å²) in [5.74, 6) is -0.407. The van der Waals surface area contributed by atoms with Gasteiger partial charge in [-0.1, -0.05) is 18.2 Å². The highest BCUT2D eigenvalue weighted by Crippen LogP contribution is 2.20. The molecule has 0 aliphatic carbocycles. The highest BCUT2D eigenvalue weighted by molar-refractivity contribution is 6.06. The number of benzene rings is 2. The van der Waals surface area contributed by atoms with Crippen molar-refractivity contribution in [1.82, 2.24) is 0 Å². The molecule has 0 unspecified atom stereocenters. The van der Waals surface area contributed by atoms with Crippen LogP contribution in [0.4, 0.5) is 5.69 Å². The van der Waals surface area contributed by atoms with E-state index in [1.165, 1.54) is 6.07 Å². The molecule has 2 aromatic carbocycles. The zero-order valence-electron chi connectivity index (χ0n) is 13.5. The molecule has 2 amide bonds. The number of para-hydroxylation sites is 1. The van der Waals surface area contributed by atoms with Crippen LogP contribution in [0.25, 0.3) is 0 Å². The largest absolute Gasteiger partial charge is 0.490 e. The Hall–Kier alpha value is -2.86. The van der Waals surface area contributed by atoms with E-state index in [4.69, 9.17) is 15.2 Å². The number of amides is 2. The molecule has 0 spiro atoms. The molecule has 0 aliphatic heterocycles. The van der Waals surface area contributed by atoms with Gasteiger partial charge in [-0.3, -0.25) is 9.59 Å². The minimum atomic E-state index is -0.550. The Kier molecular flexibility index (Phi) is 6.33. The summed E-state index contributed by atoms with van der Waals surface area (Å²) in [5, 5.41) is 2.74. The van der Waals surface area contributed by atoms with Crippen molar-refractivity contribution < 1.29 is 19.1 Å². The fourth-order valence-electron chi connectivity index (χ4n) is 2.08. The lowest BCUT2D eigenvalue weighted by molar-refractivity contribution is 0.0990. The van der Waals surface area contributed by atoms with E-state index < -0.39 is 5.91 Å². The Bertz CT molecular complexity index is 716. The Morgan fingerprint density at radius 3 is 2.62 bits per heavy atom. The molecule has 6 heteroatoms. The van der Waals surface area contributed by atoms with Gasteiger partial charge in [0.15, 0.2) is 0 Å². The normalized spacial score (nSPS) is 10.2. The highest BCUT2D eigenvalue weighted by Gasteiger charge is 2.13. The third kappa shape index (κ3) is 4.82. The first kappa shape index (κ1) is 17.5. The van der Waals surface area contributed by atoms with Crippen LogP contribution >= 0.6 is 0 Å². The van der Waals surface area contributed by atoms with Crippen molar-refractivity contribution in [2.24, 2.45) is 5.73 Å². The maximum absolute atomic E-state index is 12.5. The number of nitrogens with one attached hydrogen (secondary N) is 1. The van der Waals surface area contributed by atoms with Crippen LogP contribution in [0.3, 0.4) is 0 Å². The number of carbonyl (C=O) groups excluding carboxylic acids is 2. The van der Waals surface area contributed by atoms with Crippen molar-refractivity contribution in [3.63, 3.8) is 0 Å². The molecule has 2 rings (SSSR count). The molecular formula is C18H20N2O4. The molecule has 24 heavy (non-hydrogen) atoms. The smallest absolute Gasteiger partial charge is 0.259 e.